The van der Waals surface area contributed by atoms with Crippen LogP contribution in [0.15, 0.2) is 76.1 Å². The Kier molecular flexibility index (Phi) is 10.4. The van der Waals surface area contributed by atoms with Gasteiger partial charge >= 0.3 is 0 Å². The first-order valence-electron chi connectivity index (χ1n) is 13.3. The van der Waals surface area contributed by atoms with Crippen LogP contribution >= 0.6 is 39.1 Å². The van der Waals surface area contributed by atoms with Crippen molar-refractivity contribution in [2.75, 3.05) is 10.8 Å². The summed E-state index contributed by atoms with van der Waals surface area (Å²) in [4.78, 5) is 28.8. The minimum absolute atomic E-state index is 0.00146. The minimum Gasteiger partial charge on any atom is -0.352 e. The first-order valence-corrected chi connectivity index (χ1v) is 16.3. The molecule has 7 nitrogen and oxygen atoms in total. The number of rotatable bonds is 10. The van der Waals surface area contributed by atoms with Gasteiger partial charge in [-0.15, -0.1) is 0 Å². The molecule has 1 atom stereocenters. The lowest BCUT2D eigenvalue weighted by atomic mass is 10.1. The van der Waals surface area contributed by atoms with Crippen molar-refractivity contribution in [2.45, 2.75) is 63.1 Å². The lowest BCUT2D eigenvalue weighted by Gasteiger charge is -2.32. The van der Waals surface area contributed by atoms with Crippen molar-refractivity contribution in [3.63, 3.8) is 0 Å². The third-order valence-electron chi connectivity index (χ3n) is 7.20. The van der Waals surface area contributed by atoms with Crippen molar-refractivity contribution in [3.8, 4) is 0 Å². The van der Waals surface area contributed by atoms with E-state index in [9.17, 15) is 18.0 Å². The highest BCUT2D eigenvalue weighted by molar-refractivity contribution is 9.10. The van der Waals surface area contributed by atoms with Gasteiger partial charge < -0.3 is 10.2 Å². The van der Waals surface area contributed by atoms with Crippen LogP contribution in [0.2, 0.25) is 10.0 Å². The zero-order valence-corrected chi connectivity index (χ0v) is 26.7. The molecule has 0 heterocycles. The van der Waals surface area contributed by atoms with Crippen molar-refractivity contribution in [1.29, 1.82) is 0 Å². The van der Waals surface area contributed by atoms with Crippen LogP contribution in [-0.4, -0.2) is 43.8 Å². The summed E-state index contributed by atoms with van der Waals surface area (Å²) in [5, 5.41) is 3.44. The van der Waals surface area contributed by atoms with E-state index in [0.717, 1.165) is 45.6 Å². The smallest absolute Gasteiger partial charge is 0.264 e. The van der Waals surface area contributed by atoms with Crippen LogP contribution < -0.4 is 9.62 Å². The fourth-order valence-corrected chi connectivity index (χ4v) is 6.91. The van der Waals surface area contributed by atoms with Gasteiger partial charge in [0.2, 0.25) is 11.8 Å². The largest absolute Gasteiger partial charge is 0.352 e. The number of benzene rings is 3. The van der Waals surface area contributed by atoms with Gasteiger partial charge in [0.15, 0.2) is 0 Å². The number of halogens is 3. The molecule has 3 aromatic rings. The normalized spacial score (nSPS) is 14.5. The number of anilines is 1. The van der Waals surface area contributed by atoms with Crippen molar-refractivity contribution >= 4 is 66.7 Å². The van der Waals surface area contributed by atoms with Gasteiger partial charge in [-0.2, -0.15) is 0 Å². The zero-order valence-electron chi connectivity index (χ0n) is 22.8. The molecule has 0 aliphatic heterocycles. The summed E-state index contributed by atoms with van der Waals surface area (Å²) >= 11 is 16.1. The van der Waals surface area contributed by atoms with Crippen molar-refractivity contribution in [1.82, 2.24) is 10.2 Å². The zero-order chi connectivity index (χ0) is 29.7. The Hall–Kier alpha value is -2.59. The molecule has 4 rings (SSSR count). The summed E-state index contributed by atoms with van der Waals surface area (Å²) in [6, 6.07) is 17.4. The molecule has 0 saturated heterocycles. The third kappa shape index (κ3) is 7.83. The highest BCUT2D eigenvalue weighted by Crippen LogP contribution is 2.33. The monoisotopic (exact) mass is 679 g/mol. The molecule has 1 N–H and O–H groups in total. The average Bonchev–Trinajstić information content (AvgIpc) is 3.45. The molecule has 1 saturated carbocycles. The summed E-state index contributed by atoms with van der Waals surface area (Å²) in [7, 11) is -4.25. The maximum Gasteiger partial charge on any atom is 0.264 e. The molecule has 41 heavy (non-hydrogen) atoms. The van der Waals surface area contributed by atoms with Crippen LogP contribution in [0.25, 0.3) is 0 Å². The molecule has 0 aromatic heterocycles. The average molecular weight is 681 g/mol. The summed E-state index contributed by atoms with van der Waals surface area (Å²) in [5.74, 6) is -0.843. The number of carbonyl (C=O) groups excluding carboxylic acids is 2. The van der Waals surface area contributed by atoms with Gasteiger partial charge in [0, 0.05) is 22.1 Å². The van der Waals surface area contributed by atoms with Gasteiger partial charge in [-0.3, -0.25) is 13.9 Å². The number of amides is 2. The number of sulfonamides is 1. The highest BCUT2D eigenvalue weighted by Gasteiger charge is 2.34. The van der Waals surface area contributed by atoms with Crippen LogP contribution in [0.4, 0.5) is 5.69 Å². The second kappa shape index (κ2) is 13.6. The summed E-state index contributed by atoms with van der Waals surface area (Å²) in [6.45, 7) is 3.02. The van der Waals surface area contributed by atoms with E-state index in [4.69, 9.17) is 23.2 Å². The Morgan fingerprint density at radius 3 is 2.27 bits per heavy atom. The van der Waals surface area contributed by atoms with Gasteiger partial charge in [0.25, 0.3) is 10.0 Å². The molecule has 1 fully saturated rings. The lowest BCUT2D eigenvalue weighted by molar-refractivity contribution is -0.139. The van der Waals surface area contributed by atoms with Gasteiger partial charge in [-0.25, -0.2) is 8.42 Å². The minimum atomic E-state index is -4.25. The molecule has 0 spiro atoms. The third-order valence-corrected chi connectivity index (χ3v) is 10.1. The molecule has 1 aliphatic carbocycles. The van der Waals surface area contributed by atoms with Gasteiger partial charge in [-0.05, 0) is 74.7 Å². The number of carbonyl (C=O) groups is 2. The molecule has 218 valence electrons. The number of hydrogen-bond donors (Lipinski definition) is 1. The maximum absolute atomic E-state index is 14.1. The molecule has 2 amide bonds. The van der Waals surface area contributed by atoms with E-state index in [1.165, 1.54) is 29.2 Å². The topological polar surface area (TPSA) is 86.8 Å². The Morgan fingerprint density at radius 1 is 1.00 bits per heavy atom. The lowest BCUT2D eigenvalue weighted by Crippen LogP contribution is -2.52. The second-order valence-electron chi connectivity index (χ2n) is 10.2. The predicted molar refractivity (Wildman–Crippen MR) is 167 cm³/mol. The quantitative estimate of drug-likeness (QED) is 0.257. The summed E-state index contributed by atoms with van der Waals surface area (Å²) < 4.78 is 29.8. The summed E-state index contributed by atoms with van der Waals surface area (Å²) in [5.41, 5.74) is 1.74. The van der Waals surface area contributed by atoms with Crippen LogP contribution in [0, 0.1) is 6.92 Å². The van der Waals surface area contributed by atoms with Crippen LogP contribution in [-0.2, 0) is 26.2 Å². The van der Waals surface area contributed by atoms with E-state index in [0.29, 0.717) is 0 Å². The van der Waals surface area contributed by atoms with Crippen LogP contribution in [0.1, 0.15) is 43.7 Å². The molecule has 0 unspecified atom stereocenters. The van der Waals surface area contributed by atoms with Crippen molar-refractivity contribution in [2.24, 2.45) is 0 Å². The fraction of sp³-hybridized carbons (Fsp3) is 0.333. The first-order chi connectivity index (χ1) is 19.5. The van der Waals surface area contributed by atoms with E-state index in [2.05, 4.69) is 21.2 Å². The Labute approximate surface area is 260 Å². The Bertz CT molecular complexity index is 1500. The molecule has 0 bridgehead atoms. The number of nitrogens with one attached hydrogen (secondary N) is 1. The first kappa shape index (κ1) is 31.3. The second-order valence-corrected chi connectivity index (χ2v) is 13.9. The maximum atomic E-state index is 14.1. The molecular formula is C30H32BrCl2N3O4S. The molecular weight excluding hydrogens is 649 g/mol. The van der Waals surface area contributed by atoms with Crippen molar-refractivity contribution in [3.05, 3.63) is 92.4 Å². The van der Waals surface area contributed by atoms with E-state index >= 15 is 0 Å². The SMILES string of the molecule is Cc1ccc(S(=O)(=O)N(CC(=O)N(Cc2ccc(Br)cc2)[C@H](C)C(=O)NC2CCCC2)c2cc(Cl)ccc2Cl)cc1. The number of aryl methyl sites for hydroxylation is 1. The van der Waals surface area contributed by atoms with E-state index in [1.54, 1.807) is 25.1 Å². The Balaban J connectivity index is 1.71. The predicted octanol–water partition coefficient (Wildman–Crippen LogP) is 6.74. The van der Waals surface area contributed by atoms with Gasteiger partial charge in [-0.1, -0.05) is 81.8 Å². The van der Waals surface area contributed by atoms with Gasteiger partial charge in [0.1, 0.15) is 12.6 Å². The standard InChI is InChI=1S/C30H32BrCl2N3O4S/c1-20-7-14-26(15-8-20)41(39,40)36(28-17-24(32)13-16-27(28)33)19-29(37)35(18-22-9-11-23(31)12-10-22)21(2)30(38)34-25-5-3-4-6-25/h7-17,21,25H,3-6,18-19H2,1-2H3,(H,34,38)/t21-/m1/s1. The molecule has 11 heteroatoms. The number of hydrogen-bond acceptors (Lipinski definition) is 4. The molecule has 1 aliphatic rings. The van der Waals surface area contributed by atoms with Gasteiger partial charge in [0.05, 0.1) is 15.6 Å². The molecule has 3 aromatic carbocycles. The molecule has 0 radical (unpaired) electrons. The van der Waals surface area contributed by atoms with E-state index < -0.39 is 28.5 Å². The van der Waals surface area contributed by atoms with Crippen LogP contribution in [0.5, 0.6) is 0 Å². The highest BCUT2D eigenvalue weighted by atomic mass is 79.9. The van der Waals surface area contributed by atoms with E-state index in [-0.39, 0.29) is 39.1 Å². The van der Waals surface area contributed by atoms with Crippen LogP contribution in [0.3, 0.4) is 0 Å². The van der Waals surface area contributed by atoms with E-state index in [1.807, 2.05) is 31.2 Å². The fourth-order valence-electron chi connectivity index (χ4n) is 4.79. The Morgan fingerprint density at radius 2 is 1.63 bits per heavy atom. The van der Waals surface area contributed by atoms with Crippen molar-refractivity contribution < 1.29 is 18.0 Å². The summed E-state index contributed by atoms with van der Waals surface area (Å²) in [6.07, 6.45) is 3.89. The number of nitrogens with zero attached hydrogens (tertiary/aromatic N) is 2.